The van der Waals surface area contributed by atoms with E-state index >= 15 is 0 Å². The molecule has 14 heavy (non-hydrogen) atoms. The Morgan fingerprint density at radius 2 is 2.00 bits per heavy atom. The van der Waals surface area contributed by atoms with Crippen LogP contribution in [-0.2, 0) is 0 Å². The number of aliphatic hydroxyl groups is 1. The number of halogens is 1. The molecule has 1 nitrogen and oxygen atoms in total. The molecule has 0 aliphatic heterocycles. The molecule has 0 heterocycles. The molecule has 0 amide bonds. The second-order valence-corrected chi connectivity index (χ2v) is 6.39. The van der Waals surface area contributed by atoms with Crippen LogP contribution < -0.4 is 0 Å². The minimum Gasteiger partial charge on any atom is -0.391 e. The summed E-state index contributed by atoms with van der Waals surface area (Å²) in [6, 6.07) is 0. The van der Waals surface area contributed by atoms with E-state index in [9.17, 15) is 5.11 Å². The minimum atomic E-state index is -0.172. The van der Waals surface area contributed by atoms with Gasteiger partial charge in [0, 0.05) is 4.83 Å². The Labute approximate surface area is 96.4 Å². The Bertz CT molecular complexity index is 179. The zero-order valence-electron chi connectivity index (χ0n) is 9.59. The lowest BCUT2D eigenvalue weighted by Gasteiger charge is -2.30. The zero-order chi connectivity index (χ0) is 10.8. The molecule has 1 fully saturated rings. The van der Waals surface area contributed by atoms with Crippen LogP contribution in [0.25, 0.3) is 0 Å². The fraction of sp³-hybridized carbons (Fsp3) is 1.00. The Kier molecular flexibility index (Phi) is 4.45. The first-order valence-corrected chi connectivity index (χ1v) is 6.73. The largest absolute Gasteiger partial charge is 0.391 e. The van der Waals surface area contributed by atoms with Gasteiger partial charge in [-0.2, -0.15) is 0 Å². The number of rotatable bonds is 4. The van der Waals surface area contributed by atoms with Crippen molar-refractivity contribution in [2.24, 2.45) is 11.3 Å². The van der Waals surface area contributed by atoms with Gasteiger partial charge in [0.05, 0.1) is 6.10 Å². The maximum atomic E-state index is 10.0. The summed E-state index contributed by atoms with van der Waals surface area (Å²) >= 11 is 3.58. The van der Waals surface area contributed by atoms with Crippen LogP contribution in [0.2, 0.25) is 0 Å². The lowest BCUT2D eigenvalue weighted by molar-refractivity contribution is 0.0545. The predicted molar refractivity (Wildman–Crippen MR) is 64.8 cm³/mol. The molecule has 1 unspecified atom stereocenters. The van der Waals surface area contributed by atoms with E-state index in [1.165, 1.54) is 25.7 Å². The Morgan fingerprint density at radius 1 is 1.36 bits per heavy atom. The molecule has 2 heteroatoms. The van der Waals surface area contributed by atoms with Crippen LogP contribution in [-0.4, -0.2) is 16.0 Å². The zero-order valence-corrected chi connectivity index (χ0v) is 11.2. The van der Waals surface area contributed by atoms with Gasteiger partial charge in [-0.25, -0.2) is 0 Å². The van der Waals surface area contributed by atoms with Crippen molar-refractivity contribution in [1.82, 2.24) is 0 Å². The van der Waals surface area contributed by atoms with Crippen molar-refractivity contribution in [1.29, 1.82) is 0 Å². The molecule has 0 radical (unpaired) electrons. The molecule has 1 rings (SSSR count). The van der Waals surface area contributed by atoms with Gasteiger partial charge in [0.25, 0.3) is 0 Å². The summed E-state index contributed by atoms with van der Waals surface area (Å²) in [5, 5.41) is 10.0. The van der Waals surface area contributed by atoms with E-state index in [4.69, 9.17) is 0 Å². The van der Waals surface area contributed by atoms with Crippen molar-refractivity contribution in [3.8, 4) is 0 Å². The van der Waals surface area contributed by atoms with Crippen molar-refractivity contribution in [2.75, 3.05) is 0 Å². The summed E-state index contributed by atoms with van der Waals surface area (Å²) in [6.07, 6.45) is 6.17. The highest BCUT2D eigenvalue weighted by Crippen LogP contribution is 2.47. The summed E-state index contributed by atoms with van der Waals surface area (Å²) in [5.74, 6) is 0.688. The average Bonchev–Trinajstić information content (AvgIpc) is 2.31. The van der Waals surface area contributed by atoms with E-state index in [0.717, 1.165) is 6.42 Å². The van der Waals surface area contributed by atoms with E-state index in [0.29, 0.717) is 10.7 Å². The molecule has 0 aromatic rings. The van der Waals surface area contributed by atoms with E-state index in [-0.39, 0.29) is 11.5 Å². The molecule has 3 atom stereocenters. The van der Waals surface area contributed by atoms with Gasteiger partial charge < -0.3 is 5.11 Å². The number of aliphatic hydroxyl groups excluding tert-OH is 1. The van der Waals surface area contributed by atoms with Crippen LogP contribution in [0.3, 0.4) is 0 Å². The minimum absolute atomic E-state index is 0.0991. The normalized spacial score (nSPS) is 36.2. The van der Waals surface area contributed by atoms with Crippen LogP contribution in [0.5, 0.6) is 0 Å². The first-order chi connectivity index (χ1) is 6.50. The molecule has 0 bridgehead atoms. The third-order valence-corrected chi connectivity index (χ3v) is 4.70. The van der Waals surface area contributed by atoms with Crippen molar-refractivity contribution in [2.45, 2.75) is 63.8 Å². The standard InChI is InChI=1S/C12H23BrO/c1-4-5-6-7-9-8-10(13)11(14)12(9,2)3/h9-11,14H,4-8H2,1-3H3/t9?,10-,11-/m0/s1. The van der Waals surface area contributed by atoms with Gasteiger partial charge in [0.2, 0.25) is 0 Å². The first-order valence-electron chi connectivity index (χ1n) is 5.82. The van der Waals surface area contributed by atoms with Crippen LogP contribution in [0.4, 0.5) is 0 Å². The van der Waals surface area contributed by atoms with Crippen molar-refractivity contribution < 1.29 is 5.11 Å². The van der Waals surface area contributed by atoms with Crippen LogP contribution >= 0.6 is 15.9 Å². The topological polar surface area (TPSA) is 20.2 Å². The third kappa shape index (κ3) is 2.52. The summed E-state index contributed by atoms with van der Waals surface area (Å²) in [5.41, 5.74) is 0.0991. The quantitative estimate of drug-likeness (QED) is 0.605. The summed E-state index contributed by atoms with van der Waals surface area (Å²) < 4.78 is 0. The van der Waals surface area contributed by atoms with Crippen LogP contribution in [0, 0.1) is 11.3 Å². The smallest absolute Gasteiger partial charge is 0.0718 e. The summed E-state index contributed by atoms with van der Waals surface area (Å²) in [4.78, 5) is 0.309. The highest BCUT2D eigenvalue weighted by molar-refractivity contribution is 9.09. The van der Waals surface area contributed by atoms with Gasteiger partial charge in [-0.05, 0) is 24.2 Å². The maximum absolute atomic E-state index is 10.0. The molecule has 84 valence electrons. The predicted octanol–water partition coefficient (Wildman–Crippen LogP) is 3.74. The lowest BCUT2D eigenvalue weighted by atomic mass is 9.78. The van der Waals surface area contributed by atoms with Crippen LogP contribution in [0.1, 0.15) is 52.9 Å². The molecule has 0 saturated heterocycles. The molecular formula is C12H23BrO. The Balaban J connectivity index is 2.45. The van der Waals surface area contributed by atoms with Gasteiger partial charge in [-0.3, -0.25) is 0 Å². The Hall–Kier alpha value is 0.440. The first kappa shape index (κ1) is 12.5. The number of unbranched alkanes of at least 4 members (excludes halogenated alkanes) is 2. The van der Waals surface area contributed by atoms with Gasteiger partial charge in [-0.1, -0.05) is 56.0 Å². The molecule has 0 aromatic carbocycles. The van der Waals surface area contributed by atoms with Gasteiger partial charge in [0.1, 0.15) is 0 Å². The van der Waals surface area contributed by atoms with Crippen molar-refractivity contribution in [3.63, 3.8) is 0 Å². The highest BCUT2D eigenvalue weighted by atomic mass is 79.9. The molecule has 0 aromatic heterocycles. The average molecular weight is 263 g/mol. The number of alkyl halides is 1. The monoisotopic (exact) mass is 262 g/mol. The molecule has 1 saturated carbocycles. The third-order valence-electron chi connectivity index (χ3n) is 3.82. The molecule has 1 aliphatic carbocycles. The maximum Gasteiger partial charge on any atom is 0.0718 e. The van der Waals surface area contributed by atoms with Crippen LogP contribution in [0.15, 0.2) is 0 Å². The van der Waals surface area contributed by atoms with E-state index in [1.54, 1.807) is 0 Å². The molecule has 1 aliphatic rings. The van der Waals surface area contributed by atoms with Crippen molar-refractivity contribution >= 4 is 15.9 Å². The molecular weight excluding hydrogens is 240 g/mol. The summed E-state index contributed by atoms with van der Waals surface area (Å²) in [7, 11) is 0. The second kappa shape index (κ2) is 4.98. The Morgan fingerprint density at radius 3 is 2.43 bits per heavy atom. The molecule has 1 N–H and O–H groups in total. The second-order valence-electron chi connectivity index (χ2n) is 5.21. The van der Waals surface area contributed by atoms with E-state index in [2.05, 4.69) is 36.7 Å². The summed E-state index contributed by atoms with van der Waals surface area (Å²) in [6.45, 7) is 6.65. The van der Waals surface area contributed by atoms with Gasteiger partial charge >= 0.3 is 0 Å². The number of hydrogen-bond acceptors (Lipinski definition) is 1. The lowest BCUT2D eigenvalue weighted by Crippen LogP contribution is -2.31. The number of hydrogen-bond donors (Lipinski definition) is 1. The van der Waals surface area contributed by atoms with Gasteiger partial charge in [0.15, 0.2) is 0 Å². The van der Waals surface area contributed by atoms with E-state index in [1.807, 2.05) is 0 Å². The molecule has 0 spiro atoms. The fourth-order valence-corrected chi connectivity index (χ4v) is 3.68. The van der Waals surface area contributed by atoms with E-state index < -0.39 is 0 Å². The highest BCUT2D eigenvalue weighted by Gasteiger charge is 2.46. The van der Waals surface area contributed by atoms with Gasteiger partial charge in [-0.15, -0.1) is 0 Å². The van der Waals surface area contributed by atoms with Crippen molar-refractivity contribution in [3.05, 3.63) is 0 Å². The SMILES string of the molecule is CCCCCC1C[C@H](Br)[C@H](O)C1(C)C. The fourth-order valence-electron chi connectivity index (χ4n) is 2.54.